The van der Waals surface area contributed by atoms with Gasteiger partial charge in [0.2, 0.25) is 5.82 Å². The lowest BCUT2D eigenvalue weighted by molar-refractivity contribution is -0.144. The van der Waals surface area contributed by atoms with Crippen LogP contribution < -0.4 is 5.32 Å². The number of aromatic nitrogens is 2. The van der Waals surface area contributed by atoms with E-state index in [9.17, 15) is 13.2 Å². The van der Waals surface area contributed by atoms with Gasteiger partial charge in [-0.3, -0.25) is 0 Å². The van der Waals surface area contributed by atoms with E-state index in [4.69, 9.17) is 4.74 Å². The minimum Gasteiger partial charge on any atom is -0.378 e. The highest BCUT2D eigenvalue weighted by molar-refractivity contribution is 5.19. The zero-order chi connectivity index (χ0) is 11.8. The minimum atomic E-state index is -4.43. The maximum Gasteiger partial charge on any atom is 0.449 e. The van der Waals surface area contributed by atoms with Gasteiger partial charge >= 0.3 is 6.18 Å². The summed E-state index contributed by atoms with van der Waals surface area (Å²) in [7, 11) is 0. The molecule has 1 unspecified atom stereocenters. The van der Waals surface area contributed by atoms with E-state index in [1.165, 1.54) is 0 Å². The Hall–Kier alpha value is -1.08. The summed E-state index contributed by atoms with van der Waals surface area (Å²) >= 11 is 0. The van der Waals surface area contributed by atoms with E-state index in [-0.39, 0.29) is 6.04 Å². The van der Waals surface area contributed by atoms with Gasteiger partial charge in [0.1, 0.15) is 0 Å². The third-order valence-electron chi connectivity index (χ3n) is 2.44. The van der Waals surface area contributed by atoms with Crippen molar-refractivity contribution in [3.05, 3.63) is 17.2 Å². The van der Waals surface area contributed by atoms with Gasteiger partial charge in [0, 0.05) is 12.2 Å². The van der Waals surface area contributed by atoms with Crippen molar-refractivity contribution in [1.29, 1.82) is 0 Å². The molecule has 0 radical (unpaired) electrons. The van der Waals surface area contributed by atoms with E-state index >= 15 is 0 Å². The lowest BCUT2D eigenvalue weighted by Gasteiger charge is -2.22. The van der Waals surface area contributed by atoms with Gasteiger partial charge in [-0.2, -0.15) is 13.2 Å². The lowest BCUT2D eigenvalue weighted by Crippen LogP contribution is -2.35. The van der Waals surface area contributed by atoms with Crippen molar-refractivity contribution < 1.29 is 17.9 Å². The maximum atomic E-state index is 12.4. The highest BCUT2D eigenvalue weighted by Crippen LogP contribution is 2.29. The van der Waals surface area contributed by atoms with Gasteiger partial charge in [0.25, 0.3) is 0 Å². The Labute approximate surface area is 90.2 Å². The summed E-state index contributed by atoms with van der Waals surface area (Å²) in [4.78, 5) is 5.83. The van der Waals surface area contributed by atoms with Gasteiger partial charge in [-0.25, -0.2) is 4.98 Å². The van der Waals surface area contributed by atoms with Gasteiger partial charge < -0.3 is 15.0 Å². The summed E-state index contributed by atoms with van der Waals surface area (Å²) in [5.74, 6) is -0.952. The average molecular weight is 235 g/mol. The first kappa shape index (κ1) is 11.4. The zero-order valence-corrected chi connectivity index (χ0v) is 8.69. The second kappa shape index (κ2) is 4.06. The normalized spacial score (nSPS) is 22.4. The summed E-state index contributed by atoms with van der Waals surface area (Å²) in [5, 5.41) is 3.07. The van der Waals surface area contributed by atoms with Gasteiger partial charge in [-0.1, -0.05) is 0 Å². The van der Waals surface area contributed by atoms with E-state index < -0.39 is 12.0 Å². The molecule has 0 aliphatic carbocycles. The molecule has 1 atom stereocenters. The number of imidazole rings is 1. The van der Waals surface area contributed by atoms with Crippen molar-refractivity contribution in [2.75, 3.05) is 19.8 Å². The monoisotopic (exact) mass is 235 g/mol. The Balaban J connectivity index is 2.24. The summed E-state index contributed by atoms with van der Waals surface area (Å²) in [6.45, 7) is 3.13. The van der Waals surface area contributed by atoms with Crippen molar-refractivity contribution in [3.8, 4) is 0 Å². The van der Waals surface area contributed by atoms with E-state index in [0.29, 0.717) is 31.1 Å². The van der Waals surface area contributed by atoms with Crippen LogP contribution in [0.25, 0.3) is 0 Å². The number of ether oxygens (including phenoxy) is 1. The number of aryl methyl sites for hydroxylation is 1. The van der Waals surface area contributed by atoms with Crippen LogP contribution in [0, 0.1) is 6.92 Å². The van der Waals surface area contributed by atoms with Crippen LogP contribution in [0.4, 0.5) is 13.2 Å². The molecular formula is C9H12F3N3O. The molecule has 0 bridgehead atoms. The van der Waals surface area contributed by atoms with Crippen LogP contribution in [0.15, 0.2) is 0 Å². The average Bonchev–Trinajstić information content (AvgIpc) is 2.61. The topological polar surface area (TPSA) is 49.9 Å². The molecule has 0 spiro atoms. The summed E-state index contributed by atoms with van der Waals surface area (Å²) in [6.07, 6.45) is -4.43. The van der Waals surface area contributed by atoms with Crippen molar-refractivity contribution in [1.82, 2.24) is 15.3 Å². The van der Waals surface area contributed by atoms with Crippen LogP contribution in [0.5, 0.6) is 0 Å². The molecule has 16 heavy (non-hydrogen) atoms. The molecule has 1 aliphatic heterocycles. The first-order chi connectivity index (χ1) is 7.48. The number of halogens is 3. The molecule has 7 heteroatoms. The first-order valence-electron chi connectivity index (χ1n) is 4.93. The quantitative estimate of drug-likeness (QED) is 0.773. The number of H-pyrrole nitrogens is 1. The van der Waals surface area contributed by atoms with Crippen molar-refractivity contribution in [3.63, 3.8) is 0 Å². The van der Waals surface area contributed by atoms with E-state index in [1.54, 1.807) is 6.92 Å². The van der Waals surface area contributed by atoms with Crippen LogP contribution in [-0.4, -0.2) is 29.7 Å². The predicted octanol–water partition coefficient (Wildman–Crippen LogP) is 1.40. The molecule has 0 saturated carbocycles. The molecule has 1 aromatic rings. The second-order valence-corrected chi connectivity index (χ2v) is 3.68. The smallest absolute Gasteiger partial charge is 0.378 e. The SMILES string of the molecule is Cc1[nH]c(C(F)(F)F)nc1C1COCCN1. The fourth-order valence-corrected chi connectivity index (χ4v) is 1.69. The number of nitrogens with one attached hydrogen (secondary N) is 2. The highest BCUT2D eigenvalue weighted by Gasteiger charge is 2.36. The van der Waals surface area contributed by atoms with Crippen LogP contribution in [-0.2, 0) is 10.9 Å². The predicted molar refractivity (Wildman–Crippen MR) is 49.9 cm³/mol. The third kappa shape index (κ3) is 2.19. The summed E-state index contributed by atoms with van der Waals surface area (Å²) in [6, 6.07) is -0.263. The van der Waals surface area contributed by atoms with E-state index in [0.717, 1.165) is 0 Å². The van der Waals surface area contributed by atoms with Gasteiger partial charge in [0.15, 0.2) is 0 Å². The fraction of sp³-hybridized carbons (Fsp3) is 0.667. The minimum absolute atomic E-state index is 0.263. The number of nitrogens with zero attached hydrogens (tertiary/aromatic N) is 1. The maximum absolute atomic E-state index is 12.4. The molecule has 0 amide bonds. The van der Waals surface area contributed by atoms with E-state index in [1.807, 2.05) is 0 Å². The Morgan fingerprint density at radius 3 is 2.69 bits per heavy atom. The number of hydrogen-bond donors (Lipinski definition) is 2. The summed E-state index contributed by atoms with van der Waals surface area (Å²) in [5.41, 5.74) is 0.808. The number of rotatable bonds is 1. The molecule has 2 rings (SSSR count). The van der Waals surface area contributed by atoms with Crippen LogP contribution in [0.3, 0.4) is 0 Å². The number of alkyl halides is 3. The number of morpholine rings is 1. The molecule has 2 heterocycles. The van der Waals surface area contributed by atoms with Crippen LogP contribution >= 0.6 is 0 Å². The fourth-order valence-electron chi connectivity index (χ4n) is 1.69. The van der Waals surface area contributed by atoms with Crippen molar-refractivity contribution in [2.24, 2.45) is 0 Å². The molecule has 1 saturated heterocycles. The Morgan fingerprint density at radius 1 is 1.44 bits per heavy atom. The highest BCUT2D eigenvalue weighted by atomic mass is 19.4. The Morgan fingerprint density at radius 2 is 2.19 bits per heavy atom. The van der Waals surface area contributed by atoms with Crippen molar-refractivity contribution in [2.45, 2.75) is 19.1 Å². The largest absolute Gasteiger partial charge is 0.449 e. The molecule has 2 N–H and O–H groups in total. The third-order valence-corrected chi connectivity index (χ3v) is 2.44. The molecule has 90 valence electrons. The zero-order valence-electron chi connectivity index (χ0n) is 8.69. The molecule has 1 aromatic heterocycles. The first-order valence-corrected chi connectivity index (χ1v) is 4.93. The van der Waals surface area contributed by atoms with Crippen LogP contribution in [0.2, 0.25) is 0 Å². The van der Waals surface area contributed by atoms with Gasteiger partial charge in [-0.05, 0) is 6.92 Å². The Bertz CT molecular complexity index is 369. The summed E-state index contributed by atoms with van der Waals surface area (Å²) < 4.78 is 42.4. The Kier molecular flexibility index (Phi) is 2.90. The molecule has 1 aliphatic rings. The number of aromatic amines is 1. The molecule has 0 aromatic carbocycles. The molecular weight excluding hydrogens is 223 g/mol. The molecule has 1 fully saturated rings. The van der Waals surface area contributed by atoms with Crippen LogP contribution in [0.1, 0.15) is 23.3 Å². The van der Waals surface area contributed by atoms with E-state index in [2.05, 4.69) is 15.3 Å². The van der Waals surface area contributed by atoms with Gasteiger partial charge in [0.05, 0.1) is 24.9 Å². The van der Waals surface area contributed by atoms with Gasteiger partial charge in [-0.15, -0.1) is 0 Å². The number of hydrogen-bond acceptors (Lipinski definition) is 3. The lowest BCUT2D eigenvalue weighted by atomic mass is 10.2. The second-order valence-electron chi connectivity index (χ2n) is 3.68. The standard InChI is InChI=1S/C9H12F3N3O/c1-5-7(6-4-16-3-2-13-6)15-8(14-5)9(10,11)12/h6,13H,2-4H2,1H3,(H,14,15). The molecule has 4 nitrogen and oxygen atoms in total. The van der Waals surface area contributed by atoms with Crippen molar-refractivity contribution >= 4 is 0 Å².